The Hall–Kier alpha value is -3.07. The van der Waals surface area contributed by atoms with Crippen LogP contribution < -0.4 is 10.2 Å². The van der Waals surface area contributed by atoms with Gasteiger partial charge < -0.3 is 19.4 Å². The summed E-state index contributed by atoms with van der Waals surface area (Å²) in [6.45, 7) is 2.70. The van der Waals surface area contributed by atoms with E-state index in [4.69, 9.17) is 20.8 Å². The van der Waals surface area contributed by atoms with Crippen LogP contribution in [0.2, 0.25) is 5.02 Å². The summed E-state index contributed by atoms with van der Waals surface area (Å²) in [5, 5.41) is 14.3. The van der Waals surface area contributed by atoms with Gasteiger partial charge in [0.2, 0.25) is 11.8 Å². The second kappa shape index (κ2) is 9.82. The van der Waals surface area contributed by atoms with Gasteiger partial charge in [-0.25, -0.2) is 0 Å². The van der Waals surface area contributed by atoms with E-state index in [2.05, 4.69) is 20.4 Å². The predicted octanol–water partition coefficient (Wildman–Crippen LogP) is 5.11. The van der Waals surface area contributed by atoms with Crippen molar-refractivity contribution in [2.45, 2.75) is 5.22 Å². The molecule has 1 saturated heterocycles. The first kappa shape index (κ1) is 21.8. The van der Waals surface area contributed by atoms with Crippen LogP contribution in [0.4, 0.5) is 11.4 Å². The molecule has 5 rings (SSSR count). The maximum Gasteiger partial charge on any atom is 0.277 e. The zero-order valence-electron chi connectivity index (χ0n) is 17.7. The number of thioether (sulfide) groups is 1. The highest BCUT2D eigenvalue weighted by Crippen LogP contribution is 2.35. The van der Waals surface area contributed by atoms with Crippen molar-refractivity contribution in [1.29, 1.82) is 0 Å². The van der Waals surface area contributed by atoms with Gasteiger partial charge in [-0.05, 0) is 29.0 Å². The zero-order valence-corrected chi connectivity index (χ0v) is 19.2. The van der Waals surface area contributed by atoms with Crippen molar-refractivity contribution in [3.05, 3.63) is 65.7 Å². The number of morpholine rings is 1. The number of carbonyl (C=O) groups is 1. The number of nitrogens with one attached hydrogen (secondary N) is 1. The van der Waals surface area contributed by atoms with Crippen LogP contribution in [-0.2, 0) is 9.53 Å². The minimum Gasteiger partial charge on any atom is -0.411 e. The van der Waals surface area contributed by atoms with Crippen LogP contribution in [0.15, 0.2) is 70.3 Å². The molecular formula is C24H21ClN4O3S. The van der Waals surface area contributed by atoms with Crippen molar-refractivity contribution in [2.24, 2.45) is 0 Å². The maximum atomic E-state index is 12.7. The Bertz CT molecular complexity index is 1280. The van der Waals surface area contributed by atoms with Gasteiger partial charge in [0.15, 0.2) is 0 Å². The Balaban J connectivity index is 1.27. The molecule has 4 aromatic rings. The maximum absolute atomic E-state index is 12.7. The predicted molar refractivity (Wildman–Crippen MR) is 131 cm³/mol. The fraction of sp³-hybridized carbons (Fsp3) is 0.208. The third-order valence-electron chi connectivity index (χ3n) is 5.34. The Kier molecular flexibility index (Phi) is 6.48. The van der Waals surface area contributed by atoms with Crippen LogP contribution in [0.3, 0.4) is 0 Å². The van der Waals surface area contributed by atoms with Crippen molar-refractivity contribution in [2.75, 3.05) is 42.3 Å². The normalized spacial score (nSPS) is 13.9. The lowest BCUT2D eigenvalue weighted by molar-refractivity contribution is -0.113. The second-order valence-corrected chi connectivity index (χ2v) is 8.81. The van der Waals surface area contributed by atoms with Gasteiger partial charge in [-0.1, -0.05) is 65.8 Å². The van der Waals surface area contributed by atoms with E-state index in [9.17, 15) is 4.79 Å². The Morgan fingerprint density at radius 1 is 1.03 bits per heavy atom. The lowest BCUT2D eigenvalue weighted by Gasteiger charge is -2.31. The van der Waals surface area contributed by atoms with Gasteiger partial charge in [-0.2, -0.15) is 0 Å². The van der Waals surface area contributed by atoms with Gasteiger partial charge in [0.1, 0.15) is 0 Å². The number of ether oxygens (including phenoxy) is 1. The summed E-state index contributed by atoms with van der Waals surface area (Å²) in [5.41, 5.74) is 2.36. The van der Waals surface area contributed by atoms with E-state index in [0.29, 0.717) is 35.0 Å². The van der Waals surface area contributed by atoms with Gasteiger partial charge in [-0.15, -0.1) is 10.2 Å². The summed E-state index contributed by atoms with van der Waals surface area (Å²) in [7, 11) is 0. The van der Waals surface area contributed by atoms with E-state index in [0.717, 1.165) is 35.1 Å². The van der Waals surface area contributed by atoms with Gasteiger partial charge in [0.25, 0.3) is 5.22 Å². The minimum absolute atomic E-state index is 0.131. The summed E-state index contributed by atoms with van der Waals surface area (Å²) >= 11 is 7.64. The summed E-state index contributed by atoms with van der Waals surface area (Å²) in [6, 6.07) is 19.5. The van der Waals surface area contributed by atoms with Gasteiger partial charge in [0, 0.05) is 18.7 Å². The molecule has 1 aliphatic heterocycles. The van der Waals surface area contributed by atoms with Crippen molar-refractivity contribution in [3.63, 3.8) is 0 Å². The summed E-state index contributed by atoms with van der Waals surface area (Å²) < 4.78 is 11.3. The molecule has 1 fully saturated rings. The van der Waals surface area contributed by atoms with Gasteiger partial charge in [-0.3, -0.25) is 4.79 Å². The number of nitrogens with zero attached hydrogens (tertiary/aromatic N) is 3. The fourth-order valence-corrected chi connectivity index (χ4v) is 4.68. The van der Waals surface area contributed by atoms with Crippen LogP contribution in [0.1, 0.15) is 0 Å². The number of hydrogen-bond acceptors (Lipinski definition) is 7. The van der Waals surface area contributed by atoms with Gasteiger partial charge >= 0.3 is 0 Å². The van der Waals surface area contributed by atoms with E-state index in [-0.39, 0.29) is 11.7 Å². The summed E-state index contributed by atoms with van der Waals surface area (Å²) in [6.07, 6.45) is 0. The average Bonchev–Trinajstić information content (AvgIpc) is 3.32. The van der Waals surface area contributed by atoms with Crippen LogP contribution in [0.5, 0.6) is 0 Å². The highest BCUT2D eigenvalue weighted by atomic mass is 35.5. The molecule has 1 aromatic heterocycles. The van der Waals surface area contributed by atoms with Crippen molar-refractivity contribution in [3.8, 4) is 11.5 Å². The van der Waals surface area contributed by atoms with Crippen LogP contribution in [-0.4, -0.2) is 48.2 Å². The largest absolute Gasteiger partial charge is 0.411 e. The number of benzene rings is 3. The number of carbonyl (C=O) groups excluding carboxylic acids is 1. The minimum atomic E-state index is -0.179. The number of halogens is 1. The quantitative estimate of drug-likeness (QED) is 0.384. The molecule has 168 valence electrons. The van der Waals surface area contributed by atoms with Gasteiger partial charge in [0.05, 0.1) is 35.4 Å². The first-order valence-electron chi connectivity index (χ1n) is 10.5. The number of amides is 1. The van der Waals surface area contributed by atoms with Crippen LogP contribution >= 0.6 is 23.4 Å². The SMILES string of the molecule is O=C(CSc1nnc(-c2cccc3ccccc23)o1)Nc1cccc(Cl)c1N1CCOCC1. The number of rotatable bonds is 6. The van der Waals surface area contributed by atoms with E-state index in [1.807, 2.05) is 60.7 Å². The molecule has 2 heterocycles. The lowest BCUT2D eigenvalue weighted by atomic mass is 10.0. The highest BCUT2D eigenvalue weighted by molar-refractivity contribution is 7.99. The molecule has 0 aliphatic carbocycles. The van der Waals surface area contributed by atoms with E-state index >= 15 is 0 Å². The lowest BCUT2D eigenvalue weighted by Crippen LogP contribution is -2.37. The molecule has 1 amide bonds. The standard InChI is InChI=1S/C24H21ClN4O3S/c25-19-9-4-10-20(22(19)29-11-13-31-14-12-29)26-21(30)15-33-24-28-27-23(32-24)18-8-3-6-16-5-1-2-7-17(16)18/h1-10H,11-15H2,(H,26,30). The third-order valence-corrected chi connectivity index (χ3v) is 6.46. The fourth-order valence-electron chi connectivity index (χ4n) is 3.83. The zero-order chi connectivity index (χ0) is 22.6. The van der Waals surface area contributed by atoms with E-state index in [1.54, 1.807) is 0 Å². The molecular weight excluding hydrogens is 460 g/mol. The van der Waals surface area contributed by atoms with E-state index < -0.39 is 0 Å². The number of para-hydroxylation sites is 1. The summed E-state index contributed by atoms with van der Waals surface area (Å²) in [4.78, 5) is 14.8. The molecule has 0 unspecified atom stereocenters. The monoisotopic (exact) mass is 480 g/mol. The number of anilines is 2. The first-order chi connectivity index (χ1) is 16.2. The molecule has 33 heavy (non-hydrogen) atoms. The summed E-state index contributed by atoms with van der Waals surface area (Å²) in [5.74, 6) is 0.382. The molecule has 7 nitrogen and oxygen atoms in total. The molecule has 0 bridgehead atoms. The van der Waals surface area contributed by atoms with Crippen molar-refractivity contribution in [1.82, 2.24) is 10.2 Å². The van der Waals surface area contributed by atoms with Crippen molar-refractivity contribution >= 4 is 51.4 Å². The molecule has 3 aromatic carbocycles. The first-order valence-corrected chi connectivity index (χ1v) is 11.9. The molecule has 1 aliphatic rings. The Morgan fingerprint density at radius 2 is 1.82 bits per heavy atom. The topological polar surface area (TPSA) is 80.5 Å². The molecule has 0 saturated carbocycles. The molecule has 0 atom stereocenters. The molecule has 0 radical (unpaired) electrons. The molecule has 0 spiro atoms. The second-order valence-electron chi connectivity index (χ2n) is 7.47. The Morgan fingerprint density at radius 3 is 2.70 bits per heavy atom. The molecule has 1 N–H and O–H groups in total. The number of fused-ring (bicyclic) bond motifs is 1. The van der Waals surface area contributed by atoms with Crippen molar-refractivity contribution < 1.29 is 13.9 Å². The van der Waals surface area contributed by atoms with Crippen LogP contribution in [0, 0.1) is 0 Å². The highest BCUT2D eigenvalue weighted by Gasteiger charge is 2.20. The Labute approximate surface area is 200 Å². The number of hydrogen-bond donors (Lipinski definition) is 1. The third kappa shape index (κ3) is 4.83. The van der Waals surface area contributed by atoms with E-state index in [1.165, 1.54) is 11.8 Å². The number of aromatic nitrogens is 2. The average molecular weight is 481 g/mol. The van der Waals surface area contributed by atoms with Crippen LogP contribution in [0.25, 0.3) is 22.2 Å². The smallest absolute Gasteiger partial charge is 0.277 e. The molecule has 9 heteroatoms.